The molecule has 0 radical (unpaired) electrons. The lowest BCUT2D eigenvalue weighted by atomic mass is 10.1. The molecule has 36 heavy (non-hydrogen) atoms. The minimum absolute atomic E-state index is 0.143. The van der Waals surface area contributed by atoms with Crippen LogP contribution < -0.4 is 10.9 Å². The van der Waals surface area contributed by atoms with E-state index in [1.807, 2.05) is 54.6 Å². The lowest BCUT2D eigenvalue weighted by molar-refractivity contribution is -0.128. The second-order valence-corrected chi connectivity index (χ2v) is 11.8. The van der Waals surface area contributed by atoms with E-state index < -0.39 is 0 Å². The number of thioether (sulfide) groups is 2. The maximum atomic E-state index is 12.8. The highest BCUT2D eigenvalue weighted by Gasteiger charge is 2.31. The zero-order valence-corrected chi connectivity index (χ0v) is 22.7. The molecule has 3 amide bonds. The first-order valence-corrected chi connectivity index (χ1v) is 14.4. The number of fused-ring (bicyclic) bond motifs is 1. The Morgan fingerprint density at radius 1 is 1.11 bits per heavy atom. The molecule has 1 fully saturated rings. The van der Waals surface area contributed by atoms with Crippen LogP contribution in [0.3, 0.4) is 0 Å². The smallest absolute Gasteiger partial charge is 0.266 e. The number of nitrogens with zero attached hydrogens (tertiary/aromatic N) is 2. The van der Waals surface area contributed by atoms with E-state index in [0.717, 1.165) is 26.5 Å². The van der Waals surface area contributed by atoms with Gasteiger partial charge in [-0.05, 0) is 42.2 Å². The van der Waals surface area contributed by atoms with E-state index in [0.29, 0.717) is 22.2 Å². The first-order valence-electron chi connectivity index (χ1n) is 11.3. The van der Waals surface area contributed by atoms with E-state index in [1.165, 1.54) is 45.3 Å². The van der Waals surface area contributed by atoms with Crippen LogP contribution in [-0.4, -0.2) is 44.2 Å². The number of hydrazine groups is 1. The number of hydrogen-bond donors (Lipinski definition) is 2. The van der Waals surface area contributed by atoms with E-state index in [2.05, 4.69) is 22.8 Å². The molecule has 0 spiro atoms. The Bertz CT molecular complexity index is 1290. The molecule has 0 atom stereocenters. The van der Waals surface area contributed by atoms with Crippen molar-refractivity contribution in [1.82, 2.24) is 20.7 Å². The van der Waals surface area contributed by atoms with Gasteiger partial charge in [-0.2, -0.15) is 0 Å². The highest BCUT2D eigenvalue weighted by Crippen LogP contribution is 2.33. The Morgan fingerprint density at radius 3 is 2.61 bits per heavy atom. The summed E-state index contributed by atoms with van der Waals surface area (Å²) in [4.78, 5) is 43.5. The molecule has 186 valence electrons. The summed E-state index contributed by atoms with van der Waals surface area (Å²) in [6, 6.07) is 15.9. The number of rotatable bonds is 9. The fourth-order valence-corrected chi connectivity index (χ4v) is 6.55. The Hall–Kier alpha value is -2.73. The van der Waals surface area contributed by atoms with Gasteiger partial charge in [-0.1, -0.05) is 79.1 Å². The van der Waals surface area contributed by atoms with Crippen LogP contribution in [0.4, 0.5) is 0 Å². The number of benzene rings is 2. The van der Waals surface area contributed by atoms with Crippen molar-refractivity contribution in [2.45, 2.75) is 30.5 Å². The van der Waals surface area contributed by atoms with Crippen LogP contribution in [0.2, 0.25) is 0 Å². The molecule has 4 rings (SSSR count). The minimum atomic E-state index is -0.328. The van der Waals surface area contributed by atoms with Crippen LogP contribution in [-0.2, 0) is 20.8 Å². The molecule has 2 heterocycles. The van der Waals surface area contributed by atoms with E-state index in [9.17, 15) is 14.4 Å². The zero-order valence-electron chi connectivity index (χ0n) is 19.5. The number of thiazole rings is 1. The molecule has 1 aliphatic heterocycles. The molecule has 0 aliphatic carbocycles. The zero-order chi connectivity index (χ0) is 25.5. The molecular weight excluding hydrogens is 533 g/mol. The maximum Gasteiger partial charge on any atom is 0.266 e. The molecule has 2 aromatic carbocycles. The Labute approximate surface area is 227 Å². The average Bonchev–Trinajstić information content (AvgIpc) is 3.42. The fourth-order valence-electron chi connectivity index (χ4n) is 3.37. The van der Waals surface area contributed by atoms with Crippen LogP contribution in [0.1, 0.15) is 30.9 Å². The van der Waals surface area contributed by atoms with E-state index in [1.54, 1.807) is 0 Å². The molecular formula is C25H24N4O3S4. The summed E-state index contributed by atoms with van der Waals surface area (Å²) < 4.78 is 2.35. The largest absolute Gasteiger partial charge is 0.293 e. The van der Waals surface area contributed by atoms with Crippen molar-refractivity contribution in [3.8, 4) is 0 Å². The molecule has 0 saturated carbocycles. The summed E-state index contributed by atoms with van der Waals surface area (Å²) in [6.45, 7) is 2.44. The van der Waals surface area contributed by atoms with Crippen LogP contribution >= 0.6 is 47.1 Å². The number of carbonyl (C=O) groups is 3. The molecule has 0 bridgehead atoms. The maximum absolute atomic E-state index is 12.8. The molecule has 1 aromatic heterocycles. The SMILES string of the molecule is CCc1ccc(C=C2SC(=S)N(CCCC(=O)NNC(=O)CSc3nc4ccccc4s3)C2=O)cc1. The average molecular weight is 557 g/mol. The number of aromatic nitrogens is 1. The quantitative estimate of drug-likeness (QED) is 0.170. The van der Waals surface area contributed by atoms with Crippen molar-refractivity contribution in [2.75, 3.05) is 12.3 Å². The molecule has 1 aliphatic rings. The first kappa shape index (κ1) is 26.3. The molecule has 11 heteroatoms. The summed E-state index contributed by atoms with van der Waals surface area (Å²) in [5.41, 5.74) is 7.93. The molecule has 7 nitrogen and oxygen atoms in total. The van der Waals surface area contributed by atoms with Crippen molar-refractivity contribution in [3.63, 3.8) is 0 Å². The third-order valence-corrected chi connectivity index (χ3v) is 8.84. The summed E-state index contributed by atoms with van der Waals surface area (Å²) in [6.07, 6.45) is 3.38. The number of para-hydroxylation sites is 1. The van der Waals surface area contributed by atoms with Gasteiger partial charge in [0.15, 0.2) is 4.34 Å². The predicted octanol–water partition coefficient (Wildman–Crippen LogP) is 4.78. The fraction of sp³-hybridized carbons (Fsp3) is 0.240. The lowest BCUT2D eigenvalue weighted by Gasteiger charge is -2.14. The van der Waals surface area contributed by atoms with Crippen molar-refractivity contribution in [2.24, 2.45) is 0 Å². The van der Waals surface area contributed by atoms with Crippen molar-refractivity contribution < 1.29 is 14.4 Å². The lowest BCUT2D eigenvalue weighted by Crippen LogP contribution is -2.42. The van der Waals surface area contributed by atoms with E-state index >= 15 is 0 Å². The van der Waals surface area contributed by atoms with Gasteiger partial charge < -0.3 is 0 Å². The van der Waals surface area contributed by atoms with Gasteiger partial charge in [-0.25, -0.2) is 4.98 Å². The van der Waals surface area contributed by atoms with Gasteiger partial charge in [0.05, 0.1) is 20.9 Å². The number of carbonyl (C=O) groups excluding carboxylic acids is 3. The molecule has 2 N–H and O–H groups in total. The van der Waals surface area contributed by atoms with Crippen molar-refractivity contribution >= 4 is 85.4 Å². The van der Waals surface area contributed by atoms with Crippen LogP contribution in [0.25, 0.3) is 16.3 Å². The van der Waals surface area contributed by atoms with Gasteiger partial charge in [0.25, 0.3) is 5.91 Å². The summed E-state index contributed by atoms with van der Waals surface area (Å²) in [7, 11) is 0. The molecule has 1 saturated heterocycles. The van der Waals surface area contributed by atoms with Crippen LogP contribution in [0.5, 0.6) is 0 Å². The number of aryl methyl sites for hydroxylation is 1. The summed E-state index contributed by atoms with van der Waals surface area (Å²) >= 11 is 9.48. The second-order valence-electron chi connectivity index (χ2n) is 7.86. The number of amides is 3. The monoisotopic (exact) mass is 556 g/mol. The van der Waals surface area contributed by atoms with Crippen molar-refractivity contribution in [3.05, 3.63) is 64.6 Å². The van der Waals surface area contributed by atoms with Gasteiger partial charge in [0, 0.05) is 13.0 Å². The predicted molar refractivity (Wildman–Crippen MR) is 152 cm³/mol. The Kier molecular flexibility index (Phi) is 9.13. The van der Waals surface area contributed by atoms with Gasteiger partial charge in [0.1, 0.15) is 4.32 Å². The topological polar surface area (TPSA) is 91.4 Å². The molecule has 3 aromatic rings. The van der Waals surface area contributed by atoms with Crippen LogP contribution in [0.15, 0.2) is 57.8 Å². The number of nitrogens with one attached hydrogen (secondary N) is 2. The van der Waals surface area contributed by atoms with Gasteiger partial charge in [-0.15, -0.1) is 11.3 Å². The first-order chi connectivity index (χ1) is 17.4. The van der Waals surface area contributed by atoms with E-state index in [4.69, 9.17) is 12.2 Å². The minimum Gasteiger partial charge on any atom is -0.293 e. The standard InChI is InChI=1S/C25H24N4O3S4/c1-2-16-9-11-17(12-10-16)14-20-23(32)29(25(33)36-20)13-5-8-21(30)27-28-22(31)15-34-24-26-18-6-3-4-7-19(18)35-24/h3-4,6-7,9-12,14H,2,5,8,13,15H2,1H3,(H,27,30)(H,28,31). The van der Waals surface area contributed by atoms with Gasteiger partial charge >= 0.3 is 0 Å². The normalized spacial score (nSPS) is 14.6. The highest BCUT2D eigenvalue weighted by molar-refractivity contribution is 8.26. The number of thiocarbonyl (C=S) groups is 1. The Balaban J connectivity index is 1.17. The van der Waals surface area contributed by atoms with Gasteiger partial charge in [0.2, 0.25) is 11.8 Å². The summed E-state index contributed by atoms with van der Waals surface area (Å²) in [5, 5.41) is 0. The van der Waals surface area contributed by atoms with Crippen molar-refractivity contribution in [1.29, 1.82) is 0 Å². The summed E-state index contributed by atoms with van der Waals surface area (Å²) in [5.74, 6) is -0.651. The highest BCUT2D eigenvalue weighted by atomic mass is 32.2. The second kappa shape index (κ2) is 12.5. The van der Waals surface area contributed by atoms with Gasteiger partial charge in [-0.3, -0.25) is 30.1 Å². The van der Waals surface area contributed by atoms with E-state index in [-0.39, 0.29) is 29.9 Å². The molecule has 0 unspecified atom stereocenters. The third kappa shape index (κ3) is 6.94. The number of hydrogen-bond acceptors (Lipinski definition) is 8. The third-order valence-electron chi connectivity index (χ3n) is 5.29. The Morgan fingerprint density at radius 2 is 1.86 bits per heavy atom. The van der Waals surface area contributed by atoms with Crippen LogP contribution in [0, 0.1) is 0 Å².